The molecule has 0 radical (unpaired) electrons. The lowest BCUT2D eigenvalue weighted by Crippen LogP contribution is -2.56. The number of urea groups is 1. The average Bonchev–Trinajstić information content (AvgIpc) is 3.43. The van der Waals surface area contributed by atoms with Gasteiger partial charge in [-0.3, -0.25) is 19.3 Å². The summed E-state index contributed by atoms with van der Waals surface area (Å²) < 4.78 is 5.21. The molecule has 3 aliphatic heterocycles. The molecule has 0 aromatic carbocycles. The van der Waals surface area contributed by atoms with Crippen LogP contribution in [0.1, 0.15) is 59.3 Å². The standard InChI is InChI=1S/C21H29N5O5/c1-5-6-8-21(23-24-21)9-7-15(27)25-12-10-20(11-13-25)17(29)26(18(30)22-20)14-16(28)31-19(2,3)4/h1H,6-14H2,2-4H3,(H,22,30). The van der Waals surface area contributed by atoms with Crippen LogP contribution in [0.2, 0.25) is 0 Å². The van der Waals surface area contributed by atoms with E-state index in [1.807, 2.05) is 0 Å². The van der Waals surface area contributed by atoms with Gasteiger partial charge in [-0.15, -0.1) is 12.3 Å². The van der Waals surface area contributed by atoms with Gasteiger partial charge >= 0.3 is 12.0 Å². The Morgan fingerprint density at radius 1 is 1.19 bits per heavy atom. The van der Waals surface area contributed by atoms with Crippen molar-refractivity contribution in [2.75, 3.05) is 19.6 Å². The van der Waals surface area contributed by atoms with Gasteiger partial charge in [0, 0.05) is 38.8 Å². The van der Waals surface area contributed by atoms with Crippen molar-refractivity contribution >= 4 is 23.8 Å². The number of rotatable bonds is 7. The third-order valence-corrected chi connectivity index (χ3v) is 5.71. The van der Waals surface area contributed by atoms with Crippen molar-refractivity contribution in [2.24, 2.45) is 10.2 Å². The molecule has 0 aromatic rings. The Bertz CT molecular complexity index is 839. The molecule has 0 unspecified atom stereocenters. The van der Waals surface area contributed by atoms with Crippen molar-refractivity contribution in [3.63, 3.8) is 0 Å². The Morgan fingerprint density at radius 3 is 2.39 bits per heavy atom. The second-order valence-electron chi connectivity index (χ2n) is 9.26. The van der Waals surface area contributed by atoms with Crippen LogP contribution < -0.4 is 5.32 Å². The minimum Gasteiger partial charge on any atom is -0.459 e. The molecule has 10 heteroatoms. The summed E-state index contributed by atoms with van der Waals surface area (Å²) in [5.74, 6) is 1.44. The van der Waals surface area contributed by atoms with Crippen molar-refractivity contribution < 1.29 is 23.9 Å². The molecule has 2 saturated heterocycles. The number of nitrogens with one attached hydrogen (secondary N) is 1. The van der Waals surface area contributed by atoms with Crippen LogP contribution in [0, 0.1) is 12.3 Å². The van der Waals surface area contributed by atoms with Crippen molar-refractivity contribution in [2.45, 2.75) is 76.1 Å². The molecule has 10 nitrogen and oxygen atoms in total. The molecule has 0 aliphatic carbocycles. The summed E-state index contributed by atoms with van der Waals surface area (Å²) in [5.41, 5.74) is -2.29. The fourth-order valence-corrected chi connectivity index (χ4v) is 3.93. The fourth-order valence-electron chi connectivity index (χ4n) is 3.93. The molecule has 1 spiro atoms. The van der Waals surface area contributed by atoms with Gasteiger partial charge in [0.1, 0.15) is 17.7 Å². The van der Waals surface area contributed by atoms with Crippen LogP contribution in [-0.2, 0) is 19.1 Å². The number of carbonyl (C=O) groups is 4. The Balaban J connectivity index is 1.50. The zero-order valence-electron chi connectivity index (χ0n) is 18.3. The number of piperidine rings is 1. The Morgan fingerprint density at radius 2 is 1.84 bits per heavy atom. The van der Waals surface area contributed by atoms with E-state index in [1.165, 1.54) is 0 Å². The number of amides is 4. The van der Waals surface area contributed by atoms with Gasteiger partial charge in [0.15, 0.2) is 5.66 Å². The number of likely N-dealkylation sites (tertiary alicyclic amines) is 1. The molecular formula is C21H29N5O5. The summed E-state index contributed by atoms with van der Waals surface area (Å²) in [7, 11) is 0. The summed E-state index contributed by atoms with van der Waals surface area (Å²) in [6, 6.07) is -0.608. The maximum atomic E-state index is 12.9. The third-order valence-electron chi connectivity index (χ3n) is 5.71. The average molecular weight is 431 g/mol. The highest BCUT2D eigenvalue weighted by atomic mass is 16.6. The van der Waals surface area contributed by atoms with Gasteiger partial charge in [0.2, 0.25) is 5.91 Å². The first kappa shape index (κ1) is 22.7. The highest BCUT2D eigenvalue weighted by Gasteiger charge is 2.53. The van der Waals surface area contributed by atoms with Crippen molar-refractivity contribution in [1.29, 1.82) is 0 Å². The number of ether oxygens (including phenoxy) is 1. The lowest BCUT2D eigenvalue weighted by molar-refractivity contribution is -0.157. The van der Waals surface area contributed by atoms with E-state index in [0.29, 0.717) is 51.6 Å². The number of imide groups is 1. The second kappa shape index (κ2) is 8.29. The minimum absolute atomic E-state index is 0.0328. The number of terminal acetylenes is 1. The highest BCUT2D eigenvalue weighted by Crippen LogP contribution is 2.38. The van der Waals surface area contributed by atoms with E-state index in [-0.39, 0.29) is 5.91 Å². The van der Waals surface area contributed by atoms with Gasteiger partial charge in [-0.1, -0.05) is 0 Å². The van der Waals surface area contributed by atoms with Gasteiger partial charge in [-0.25, -0.2) is 4.79 Å². The van der Waals surface area contributed by atoms with Gasteiger partial charge in [-0.2, -0.15) is 10.2 Å². The van der Waals surface area contributed by atoms with Gasteiger partial charge in [0.05, 0.1) is 0 Å². The van der Waals surface area contributed by atoms with E-state index in [4.69, 9.17) is 11.2 Å². The summed E-state index contributed by atoms with van der Waals surface area (Å²) >= 11 is 0. The Hall–Kier alpha value is -2.96. The van der Waals surface area contributed by atoms with Crippen LogP contribution in [0.4, 0.5) is 4.79 Å². The van der Waals surface area contributed by atoms with Crippen molar-refractivity contribution in [3.8, 4) is 12.3 Å². The topological polar surface area (TPSA) is 121 Å². The van der Waals surface area contributed by atoms with E-state index in [1.54, 1.807) is 25.7 Å². The molecule has 3 rings (SSSR count). The smallest absolute Gasteiger partial charge is 0.326 e. The number of hydrogen-bond acceptors (Lipinski definition) is 7. The molecule has 2 fully saturated rings. The van der Waals surface area contributed by atoms with E-state index in [9.17, 15) is 19.2 Å². The molecule has 4 amide bonds. The first-order valence-electron chi connectivity index (χ1n) is 10.5. The normalized spacial score (nSPS) is 21.1. The maximum Gasteiger partial charge on any atom is 0.326 e. The summed E-state index contributed by atoms with van der Waals surface area (Å²) in [5, 5.41) is 10.8. The zero-order valence-corrected chi connectivity index (χ0v) is 18.3. The lowest BCUT2D eigenvalue weighted by atomic mass is 9.87. The van der Waals surface area contributed by atoms with Crippen LogP contribution in [0.15, 0.2) is 10.2 Å². The highest BCUT2D eigenvalue weighted by molar-refractivity contribution is 6.08. The molecular weight excluding hydrogens is 402 g/mol. The molecule has 3 aliphatic rings. The van der Waals surface area contributed by atoms with Crippen LogP contribution >= 0.6 is 0 Å². The minimum atomic E-state index is -1.08. The van der Waals surface area contributed by atoms with E-state index in [2.05, 4.69) is 21.5 Å². The van der Waals surface area contributed by atoms with Gasteiger partial charge in [-0.05, 0) is 33.6 Å². The third kappa shape index (κ3) is 5.21. The van der Waals surface area contributed by atoms with Crippen molar-refractivity contribution in [3.05, 3.63) is 0 Å². The molecule has 1 N–H and O–H groups in total. The lowest BCUT2D eigenvalue weighted by Gasteiger charge is -2.37. The second-order valence-corrected chi connectivity index (χ2v) is 9.26. The SMILES string of the molecule is C#CCCC1(CCC(=O)N2CCC3(CC2)NC(=O)N(CC(=O)OC(C)(C)C)C3=O)N=N1. The quantitative estimate of drug-likeness (QED) is 0.373. The first-order chi connectivity index (χ1) is 14.5. The Kier molecular flexibility index (Phi) is 6.07. The fraction of sp³-hybridized carbons (Fsp3) is 0.714. The molecule has 168 valence electrons. The maximum absolute atomic E-state index is 12.9. The molecule has 0 bridgehead atoms. The number of esters is 1. The summed E-state index contributed by atoms with van der Waals surface area (Å²) in [6.07, 6.45) is 7.91. The molecule has 0 atom stereocenters. The summed E-state index contributed by atoms with van der Waals surface area (Å²) in [4.78, 5) is 52.5. The molecule has 3 heterocycles. The largest absolute Gasteiger partial charge is 0.459 e. The predicted octanol–water partition coefficient (Wildman–Crippen LogP) is 1.60. The van der Waals surface area contributed by atoms with Crippen molar-refractivity contribution in [1.82, 2.24) is 15.1 Å². The van der Waals surface area contributed by atoms with Crippen LogP contribution in [-0.4, -0.2) is 70.1 Å². The molecule has 0 aromatic heterocycles. The van der Waals surface area contributed by atoms with E-state index >= 15 is 0 Å². The number of nitrogens with zero attached hydrogens (tertiary/aromatic N) is 4. The first-order valence-corrected chi connectivity index (χ1v) is 10.5. The van der Waals surface area contributed by atoms with E-state index < -0.39 is 41.3 Å². The van der Waals surface area contributed by atoms with Crippen LogP contribution in [0.25, 0.3) is 0 Å². The molecule has 0 saturated carbocycles. The monoisotopic (exact) mass is 431 g/mol. The Labute approximate surface area is 181 Å². The van der Waals surface area contributed by atoms with Gasteiger partial charge in [0.25, 0.3) is 5.91 Å². The van der Waals surface area contributed by atoms with Crippen LogP contribution in [0.3, 0.4) is 0 Å². The predicted molar refractivity (Wildman–Crippen MR) is 110 cm³/mol. The van der Waals surface area contributed by atoms with Gasteiger partial charge < -0.3 is 15.0 Å². The van der Waals surface area contributed by atoms with Crippen LogP contribution in [0.5, 0.6) is 0 Å². The number of carbonyl (C=O) groups excluding carboxylic acids is 4. The zero-order chi connectivity index (χ0) is 22.9. The molecule has 31 heavy (non-hydrogen) atoms. The summed E-state index contributed by atoms with van der Waals surface area (Å²) in [6.45, 7) is 5.40. The van der Waals surface area contributed by atoms with E-state index in [0.717, 1.165) is 4.90 Å². The number of hydrogen-bond donors (Lipinski definition) is 1.